The summed E-state index contributed by atoms with van der Waals surface area (Å²) in [5.74, 6) is 0.869. The van der Waals surface area contributed by atoms with E-state index in [-0.39, 0.29) is 0 Å². The zero-order chi connectivity index (χ0) is 16.4. The molecule has 0 amide bonds. The van der Waals surface area contributed by atoms with Crippen molar-refractivity contribution in [3.8, 4) is 0 Å². The van der Waals surface area contributed by atoms with E-state index in [1.165, 1.54) is 11.3 Å². The van der Waals surface area contributed by atoms with Gasteiger partial charge in [0.15, 0.2) is 5.96 Å². The predicted octanol–water partition coefficient (Wildman–Crippen LogP) is 2.49. The lowest BCUT2D eigenvalue weighted by atomic mass is 10.2. The first-order chi connectivity index (χ1) is 10.6. The van der Waals surface area contributed by atoms with E-state index in [2.05, 4.69) is 60.3 Å². The molecule has 0 saturated carbocycles. The molecule has 2 N–H and O–H groups in total. The Labute approximate surface area is 139 Å². The second kappa shape index (κ2) is 10.6. The summed E-state index contributed by atoms with van der Waals surface area (Å²) in [7, 11) is 2.17. The number of guanidine groups is 1. The summed E-state index contributed by atoms with van der Waals surface area (Å²) in [6, 6.07) is 0.615. The molecule has 0 aliphatic heterocycles. The van der Waals surface area contributed by atoms with Gasteiger partial charge >= 0.3 is 0 Å². The number of likely N-dealkylation sites (N-methyl/N-ethyl adjacent to an activating group) is 1. The maximum Gasteiger partial charge on any atom is 0.191 e. The van der Waals surface area contributed by atoms with Crippen LogP contribution in [0.4, 0.5) is 0 Å². The SMILES string of the molecule is CCNC(=NCc1ncc(CC)s1)NCCN(C)C(C)CC. The number of aryl methyl sites for hydroxylation is 1. The molecule has 126 valence electrons. The summed E-state index contributed by atoms with van der Waals surface area (Å²) < 4.78 is 0. The summed E-state index contributed by atoms with van der Waals surface area (Å²) >= 11 is 1.75. The van der Waals surface area contributed by atoms with Gasteiger partial charge in [0, 0.05) is 36.8 Å². The quantitative estimate of drug-likeness (QED) is 0.541. The Balaban J connectivity index is 2.44. The van der Waals surface area contributed by atoms with Crippen molar-refractivity contribution >= 4 is 17.3 Å². The molecule has 6 heteroatoms. The summed E-state index contributed by atoms with van der Waals surface area (Å²) in [5.41, 5.74) is 0. The fourth-order valence-electron chi connectivity index (χ4n) is 1.96. The van der Waals surface area contributed by atoms with Crippen molar-refractivity contribution in [3.63, 3.8) is 0 Å². The molecule has 0 aliphatic carbocycles. The van der Waals surface area contributed by atoms with Gasteiger partial charge in [-0.3, -0.25) is 0 Å². The number of thiazole rings is 1. The zero-order valence-electron chi connectivity index (χ0n) is 14.6. The number of rotatable bonds is 9. The van der Waals surface area contributed by atoms with Gasteiger partial charge in [-0.2, -0.15) is 0 Å². The number of nitrogens with one attached hydrogen (secondary N) is 2. The smallest absolute Gasteiger partial charge is 0.191 e. The number of nitrogens with zero attached hydrogens (tertiary/aromatic N) is 3. The normalized spacial score (nSPS) is 13.5. The molecule has 0 bridgehead atoms. The highest BCUT2D eigenvalue weighted by Gasteiger charge is 2.06. The van der Waals surface area contributed by atoms with E-state index in [1.807, 2.05) is 6.20 Å². The molecule has 1 rings (SSSR count). The standard InChI is InChI=1S/C16H31N5S/c1-6-13(4)21(5)10-9-18-16(17-8-3)20-12-15-19-11-14(7-2)22-15/h11,13H,6-10,12H2,1-5H3,(H2,17,18,20). The third-order valence-corrected chi connectivity index (χ3v) is 4.89. The van der Waals surface area contributed by atoms with Gasteiger partial charge in [0.25, 0.3) is 0 Å². The number of aliphatic imine (C=N–C) groups is 1. The molecule has 0 spiro atoms. The van der Waals surface area contributed by atoms with E-state index in [1.54, 1.807) is 11.3 Å². The van der Waals surface area contributed by atoms with Crippen LogP contribution in [0.2, 0.25) is 0 Å². The van der Waals surface area contributed by atoms with Crippen molar-refractivity contribution in [1.29, 1.82) is 0 Å². The van der Waals surface area contributed by atoms with Gasteiger partial charge in [0.1, 0.15) is 5.01 Å². The summed E-state index contributed by atoms with van der Waals surface area (Å²) in [6.07, 6.45) is 4.17. The third kappa shape index (κ3) is 6.75. The van der Waals surface area contributed by atoms with Crippen LogP contribution < -0.4 is 10.6 Å². The minimum absolute atomic E-state index is 0.615. The van der Waals surface area contributed by atoms with Gasteiger partial charge in [-0.15, -0.1) is 11.3 Å². The Bertz CT molecular complexity index is 443. The lowest BCUT2D eigenvalue weighted by Crippen LogP contribution is -2.42. The Morgan fingerprint density at radius 2 is 2.14 bits per heavy atom. The van der Waals surface area contributed by atoms with Crippen LogP contribution in [0.25, 0.3) is 0 Å². The van der Waals surface area contributed by atoms with Crippen LogP contribution in [0.3, 0.4) is 0 Å². The summed E-state index contributed by atoms with van der Waals surface area (Å²) in [6.45, 7) is 12.1. The highest BCUT2D eigenvalue weighted by Crippen LogP contribution is 2.13. The highest BCUT2D eigenvalue weighted by molar-refractivity contribution is 7.11. The zero-order valence-corrected chi connectivity index (χ0v) is 15.5. The van der Waals surface area contributed by atoms with Crippen molar-refractivity contribution in [2.45, 2.75) is 53.1 Å². The van der Waals surface area contributed by atoms with Crippen molar-refractivity contribution in [2.24, 2.45) is 4.99 Å². The van der Waals surface area contributed by atoms with Gasteiger partial charge in [-0.1, -0.05) is 13.8 Å². The van der Waals surface area contributed by atoms with Crippen LogP contribution in [0.1, 0.15) is 44.0 Å². The average molecular weight is 326 g/mol. The molecule has 0 aromatic carbocycles. The molecule has 0 fully saturated rings. The topological polar surface area (TPSA) is 52.6 Å². The van der Waals surface area contributed by atoms with Crippen LogP contribution in [0.15, 0.2) is 11.2 Å². The third-order valence-electron chi connectivity index (χ3n) is 3.77. The number of aromatic nitrogens is 1. The van der Waals surface area contributed by atoms with Crippen LogP contribution in [0, 0.1) is 0 Å². The second-order valence-electron chi connectivity index (χ2n) is 5.43. The minimum Gasteiger partial charge on any atom is -0.357 e. The molecule has 1 heterocycles. The van der Waals surface area contributed by atoms with E-state index in [0.29, 0.717) is 12.6 Å². The number of hydrogen-bond donors (Lipinski definition) is 2. The van der Waals surface area contributed by atoms with Crippen molar-refractivity contribution < 1.29 is 0 Å². The highest BCUT2D eigenvalue weighted by atomic mass is 32.1. The van der Waals surface area contributed by atoms with Crippen molar-refractivity contribution in [1.82, 2.24) is 20.5 Å². The van der Waals surface area contributed by atoms with Gasteiger partial charge in [-0.25, -0.2) is 9.98 Å². The predicted molar refractivity (Wildman–Crippen MR) is 96.7 cm³/mol. The molecule has 1 aromatic heterocycles. The van der Waals surface area contributed by atoms with Crippen molar-refractivity contribution in [2.75, 3.05) is 26.7 Å². The lowest BCUT2D eigenvalue weighted by Gasteiger charge is -2.23. The van der Waals surface area contributed by atoms with E-state index in [9.17, 15) is 0 Å². The molecule has 0 saturated heterocycles. The maximum absolute atomic E-state index is 4.62. The summed E-state index contributed by atoms with van der Waals surface area (Å²) in [4.78, 5) is 12.7. The molecule has 1 atom stereocenters. The lowest BCUT2D eigenvalue weighted by molar-refractivity contribution is 0.255. The molecule has 0 aliphatic rings. The van der Waals surface area contributed by atoms with Crippen molar-refractivity contribution in [3.05, 3.63) is 16.1 Å². The second-order valence-corrected chi connectivity index (χ2v) is 6.63. The van der Waals surface area contributed by atoms with Gasteiger partial charge in [0.2, 0.25) is 0 Å². The minimum atomic E-state index is 0.615. The Morgan fingerprint density at radius 3 is 2.73 bits per heavy atom. The van der Waals surface area contributed by atoms with Crippen LogP contribution in [-0.2, 0) is 13.0 Å². The Kier molecular flexibility index (Phi) is 9.08. The average Bonchev–Trinajstić information content (AvgIpc) is 2.99. The maximum atomic E-state index is 4.62. The monoisotopic (exact) mass is 325 g/mol. The Hall–Kier alpha value is -1.14. The first kappa shape index (κ1) is 18.9. The fourth-order valence-corrected chi connectivity index (χ4v) is 2.74. The van der Waals surface area contributed by atoms with Crippen LogP contribution >= 0.6 is 11.3 Å². The molecule has 0 radical (unpaired) electrons. The van der Waals surface area contributed by atoms with Crippen LogP contribution in [0.5, 0.6) is 0 Å². The van der Waals surface area contributed by atoms with Gasteiger partial charge in [0.05, 0.1) is 6.54 Å². The first-order valence-corrected chi connectivity index (χ1v) is 9.08. The number of hydrogen-bond acceptors (Lipinski definition) is 4. The van der Waals surface area contributed by atoms with Gasteiger partial charge < -0.3 is 15.5 Å². The molecular formula is C16H31N5S. The van der Waals surface area contributed by atoms with Gasteiger partial charge in [-0.05, 0) is 33.7 Å². The van der Waals surface area contributed by atoms with Crippen LogP contribution in [-0.4, -0.2) is 48.6 Å². The molecule has 1 aromatic rings. The summed E-state index contributed by atoms with van der Waals surface area (Å²) in [5, 5.41) is 7.76. The largest absolute Gasteiger partial charge is 0.357 e. The molecule has 22 heavy (non-hydrogen) atoms. The molecule has 5 nitrogen and oxygen atoms in total. The Morgan fingerprint density at radius 1 is 1.36 bits per heavy atom. The van der Waals surface area contributed by atoms with E-state index in [4.69, 9.17) is 0 Å². The fraction of sp³-hybridized carbons (Fsp3) is 0.750. The molecular weight excluding hydrogens is 294 g/mol. The van der Waals surface area contributed by atoms with E-state index < -0.39 is 0 Å². The molecule has 1 unspecified atom stereocenters. The first-order valence-electron chi connectivity index (χ1n) is 8.26. The van der Waals surface area contributed by atoms with E-state index in [0.717, 1.165) is 37.0 Å². The van der Waals surface area contributed by atoms with E-state index >= 15 is 0 Å².